The first-order valence-corrected chi connectivity index (χ1v) is 27.6. The molecule has 450 valence electrons. The molecular weight excluding hydrogens is 1040 g/mol. The molecule has 1 aromatic rings. The minimum absolute atomic E-state index is 0.0178. The van der Waals surface area contributed by atoms with Crippen molar-refractivity contribution >= 4 is 59.3 Å². The van der Waals surface area contributed by atoms with E-state index in [1.807, 2.05) is 0 Å². The van der Waals surface area contributed by atoms with Gasteiger partial charge in [0.1, 0.15) is 30.6 Å². The molecule has 29 nitrogen and oxygen atoms in total. The van der Waals surface area contributed by atoms with Gasteiger partial charge >= 0.3 is 17.9 Å². The van der Waals surface area contributed by atoms with E-state index < -0.39 is 117 Å². The van der Waals surface area contributed by atoms with Gasteiger partial charge in [-0.2, -0.15) is 0 Å². The number of nitrogens with two attached hydrogens (primary N) is 2. The molecule has 4 atom stereocenters. The number of ether oxygens (including phenoxy) is 2. The smallest absolute Gasteiger partial charge is 0.317 e. The van der Waals surface area contributed by atoms with Crippen LogP contribution in [-0.2, 0) is 63.8 Å². The fourth-order valence-electron chi connectivity index (χ4n) is 8.07. The maximum atomic E-state index is 13.7. The number of likely N-dealkylation sites (N-methyl/N-ethyl adjacent to an activating group) is 1. The summed E-state index contributed by atoms with van der Waals surface area (Å²) in [6.07, 6.45) is 17.8. The molecule has 0 fully saturated rings. The molecule has 0 unspecified atom stereocenters. The largest absolute Gasteiger partial charge is 0.481 e. The summed E-state index contributed by atoms with van der Waals surface area (Å²) in [5, 5.41) is 59.5. The molecule has 0 saturated carbocycles. The molecule has 1 aromatic heterocycles. The second-order valence-electron chi connectivity index (χ2n) is 19.2. The van der Waals surface area contributed by atoms with Crippen LogP contribution in [0.5, 0.6) is 0 Å². The number of carboxylic acids is 3. The molecule has 0 radical (unpaired) electrons. The van der Waals surface area contributed by atoms with E-state index in [1.165, 1.54) is 64.8 Å². The Labute approximate surface area is 462 Å². The first-order chi connectivity index (χ1) is 37.9. The van der Waals surface area contributed by atoms with Gasteiger partial charge in [-0.1, -0.05) is 77.0 Å². The molecule has 15 N–H and O–H groups in total. The maximum Gasteiger partial charge on any atom is 0.317 e. The summed E-state index contributed by atoms with van der Waals surface area (Å²) in [5.74, 6) is -8.34. The molecule has 0 aliphatic rings. The average molecular weight is 1130 g/mol. The highest BCUT2D eigenvalue weighted by molar-refractivity contribution is 5.95. The number of aryl methyl sites for hydroxylation is 1. The Balaban J connectivity index is 2.47. The third-order valence-electron chi connectivity index (χ3n) is 12.4. The zero-order valence-corrected chi connectivity index (χ0v) is 46.0. The van der Waals surface area contributed by atoms with E-state index in [0.29, 0.717) is 45.2 Å². The van der Waals surface area contributed by atoms with E-state index in [1.54, 1.807) is 0 Å². The van der Waals surface area contributed by atoms with Crippen molar-refractivity contribution in [2.75, 3.05) is 79.3 Å². The molecule has 0 saturated heterocycles. The number of aromatic nitrogens is 4. The van der Waals surface area contributed by atoms with Crippen molar-refractivity contribution in [2.24, 2.45) is 11.5 Å². The number of hydrogen-bond donors (Lipinski definition) is 13. The van der Waals surface area contributed by atoms with Crippen LogP contribution in [0.3, 0.4) is 0 Å². The van der Waals surface area contributed by atoms with Crippen LogP contribution >= 0.6 is 0 Å². The zero-order chi connectivity index (χ0) is 58.5. The lowest BCUT2D eigenvalue weighted by atomic mass is 10.0. The van der Waals surface area contributed by atoms with Gasteiger partial charge in [-0.25, -0.2) is 5.10 Å². The summed E-state index contributed by atoms with van der Waals surface area (Å²) < 4.78 is 10.9. The summed E-state index contributed by atoms with van der Waals surface area (Å²) in [7, 11) is 1.52. The number of H-pyrrole nitrogens is 1. The number of carboxylic acid groups (broad SMARTS) is 3. The number of amides is 7. The van der Waals surface area contributed by atoms with Gasteiger partial charge in [0.05, 0.1) is 45.5 Å². The standard InChI is InChI=1S/C50H90N14O15/c1-53-37(20-15-17-25-51)48(75)58-38(23-24-44(68)69)49(76)59-39(31-56-42(66)32-64(33-45(70)71)34-46(72)73)50(77)57-36(47(52)74)19-16-18-26-54-43(67)35-79-30-29-78-28-27-55-41(65)22-14-12-10-8-6-4-2-3-5-7-9-11-13-21-40-60-62-63-61-40/h36-39,53H,2-35,51H2,1H3,(H2,52,74)(H,54,67)(H,55,65)(H,56,66)(H,57,77)(H,58,75)(H,59,76)(H,68,69)(H,70,71)(H,72,73)(H,60,61,62,63)/t36-,37-,38-,39-/m0/s1. The van der Waals surface area contributed by atoms with Crippen molar-refractivity contribution in [2.45, 2.75) is 172 Å². The molecule has 7 amide bonds. The number of nitrogens with one attached hydrogen (secondary N) is 8. The Morgan fingerprint density at radius 2 is 1.09 bits per heavy atom. The second-order valence-corrected chi connectivity index (χ2v) is 19.2. The zero-order valence-electron chi connectivity index (χ0n) is 46.0. The highest BCUT2D eigenvalue weighted by Gasteiger charge is 2.31. The highest BCUT2D eigenvalue weighted by atomic mass is 16.5. The Bertz CT molecular complexity index is 1920. The third-order valence-corrected chi connectivity index (χ3v) is 12.4. The van der Waals surface area contributed by atoms with Crippen molar-refractivity contribution in [3.8, 4) is 0 Å². The molecule has 0 aromatic carbocycles. The molecule has 79 heavy (non-hydrogen) atoms. The Kier molecular flexibility index (Phi) is 40.6. The number of carbonyl (C=O) groups is 10. The Hall–Kier alpha value is -6.43. The Morgan fingerprint density at radius 1 is 0.544 bits per heavy atom. The summed E-state index contributed by atoms with van der Waals surface area (Å²) >= 11 is 0. The quantitative estimate of drug-likeness (QED) is 0.0339. The lowest BCUT2D eigenvalue weighted by Crippen LogP contribution is -2.60. The number of unbranched alkanes of at least 4 members (excludes halogenated alkanes) is 14. The van der Waals surface area contributed by atoms with Crippen LogP contribution in [0.4, 0.5) is 0 Å². The number of aromatic amines is 1. The minimum Gasteiger partial charge on any atom is -0.481 e. The molecule has 0 aliphatic carbocycles. The molecule has 0 aliphatic heterocycles. The SMILES string of the molecule is CN[C@@H](CCCCN)C(=O)N[C@@H](CCC(=O)O)C(=O)N[C@@H](CNC(=O)CN(CC(=O)O)CC(=O)O)C(=O)N[C@@H](CCCCNC(=O)COCCOCCNC(=O)CCCCCCCCCCCCCCCc1nnn[nH]1)C(N)=O. The van der Waals surface area contributed by atoms with Crippen LogP contribution in [-0.4, -0.2) is 204 Å². The van der Waals surface area contributed by atoms with Crippen LogP contribution in [0.15, 0.2) is 0 Å². The number of tetrazole rings is 1. The summed E-state index contributed by atoms with van der Waals surface area (Å²) in [6, 6.07) is -5.31. The van der Waals surface area contributed by atoms with Crippen molar-refractivity contribution in [3.63, 3.8) is 0 Å². The van der Waals surface area contributed by atoms with Gasteiger partial charge in [0, 0.05) is 38.9 Å². The first kappa shape index (κ1) is 70.6. The average Bonchev–Trinajstić information content (AvgIpc) is 3.92. The molecule has 1 rings (SSSR count). The molecular formula is C50H90N14O15. The summed E-state index contributed by atoms with van der Waals surface area (Å²) in [5.41, 5.74) is 11.2. The van der Waals surface area contributed by atoms with Gasteiger partial charge in [-0.05, 0) is 75.4 Å². The monoisotopic (exact) mass is 1130 g/mol. The van der Waals surface area contributed by atoms with Gasteiger partial charge in [-0.3, -0.25) is 52.8 Å². The number of aliphatic carboxylic acids is 3. The van der Waals surface area contributed by atoms with Crippen molar-refractivity contribution in [3.05, 3.63) is 5.82 Å². The van der Waals surface area contributed by atoms with Crippen LogP contribution in [0.2, 0.25) is 0 Å². The van der Waals surface area contributed by atoms with Crippen LogP contribution in [0.25, 0.3) is 0 Å². The predicted octanol–water partition coefficient (Wildman–Crippen LogP) is -1.25. The summed E-state index contributed by atoms with van der Waals surface area (Å²) in [6.45, 7) is -1.80. The van der Waals surface area contributed by atoms with Crippen molar-refractivity contribution in [1.29, 1.82) is 0 Å². The van der Waals surface area contributed by atoms with Gasteiger partial charge in [0.25, 0.3) is 0 Å². The lowest BCUT2D eigenvalue weighted by molar-refractivity contribution is -0.143. The molecule has 1 heterocycles. The number of hydrogen-bond acceptors (Lipinski definition) is 18. The highest BCUT2D eigenvalue weighted by Crippen LogP contribution is 2.14. The van der Waals surface area contributed by atoms with Crippen molar-refractivity contribution < 1.29 is 72.7 Å². The predicted molar refractivity (Wildman–Crippen MR) is 286 cm³/mol. The summed E-state index contributed by atoms with van der Waals surface area (Å²) in [4.78, 5) is 125. The van der Waals surface area contributed by atoms with Gasteiger partial charge < -0.3 is 73.5 Å². The fraction of sp³-hybridized carbons (Fsp3) is 0.780. The topological polar surface area (TPSA) is 444 Å². The number of carbonyl (C=O) groups excluding carboxylic acids is 7. The van der Waals surface area contributed by atoms with Gasteiger partial charge in [-0.15, -0.1) is 5.10 Å². The van der Waals surface area contributed by atoms with E-state index in [-0.39, 0.29) is 51.7 Å². The maximum absolute atomic E-state index is 13.7. The van der Waals surface area contributed by atoms with Crippen LogP contribution in [0, 0.1) is 0 Å². The third kappa shape index (κ3) is 38.7. The minimum atomic E-state index is -1.70. The number of primary amides is 1. The molecule has 0 bridgehead atoms. The van der Waals surface area contributed by atoms with Gasteiger partial charge in [0.2, 0.25) is 41.4 Å². The number of rotatable bonds is 52. The van der Waals surface area contributed by atoms with E-state index in [9.17, 15) is 53.1 Å². The van der Waals surface area contributed by atoms with Crippen LogP contribution in [0.1, 0.15) is 147 Å². The van der Waals surface area contributed by atoms with E-state index in [2.05, 4.69) is 57.8 Å². The number of nitrogens with zero attached hydrogens (tertiary/aromatic N) is 4. The normalized spacial score (nSPS) is 12.6. The molecule has 0 spiro atoms. The molecule has 29 heteroatoms. The Morgan fingerprint density at radius 3 is 1.67 bits per heavy atom. The first-order valence-electron chi connectivity index (χ1n) is 27.6. The lowest BCUT2D eigenvalue weighted by Gasteiger charge is -2.26. The van der Waals surface area contributed by atoms with Crippen LogP contribution < -0.4 is 48.7 Å². The van der Waals surface area contributed by atoms with Gasteiger partial charge in [0.15, 0.2) is 0 Å². The van der Waals surface area contributed by atoms with Crippen molar-refractivity contribution in [1.82, 2.24) is 62.7 Å². The second kappa shape index (κ2) is 45.4. The van der Waals surface area contributed by atoms with E-state index in [4.69, 9.17) is 31.2 Å². The van der Waals surface area contributed by atoms with E-state index >= 15 is 0 Å². The van der Waals surface area contributed by atoms with E-state index in [0.717, 1.165) is 42.8 Å². The fourth-order valence-corrected chi connectivity index (χ4v) is 8.07.